The fourth-order valence-electron chi connectivity index (χ4n) is 3.07. The van der Waals surface area contributed by atoms with Gasteiger partial charge in [0.25, 0.3) is 0 Å². The number of hydrogen-bond acceptors (Lipinski definition) is 4. The van der Waals surface area contributed by atoms with Crippen molar-refractivity contribution in [1.82, 2.24) is 10.2 Å². The van der Waals surface area contributed by atoms with E-state index in [2.05, 4.69) is 19.2 Å². The molecule has 2 N–H and O–H groups in total. The monoisotopic (exact) mass is 334 g/mol. The summed E-state index contributed by atoms with van der Waals surface area (Å²) >= 11 is 0. The van der Waals surface area contributed by atoms with Crippen molar-refractivity contribution in [2.24, 2.45) is 11.8 Å². The van der Waals surface area contributed by atoms with E-state index in [1.54, 1.807) is 0 Å². The van der Waals surface area contributed by atoms with Crippen LogP contribution in [-0.4, -0.2) is 47.7 Å². The molecule has 1 aliphatic heterocycles. The van der Waals surface area contributed by atoms with Gasteiger partial charge >= 0.3 is 12.1 Å². The highest BCUT2D eigenvalue weighted by Gasteiger charge is 2.31. The number of hydrogen-bond donors (Lipinski definition) is 2. The number of alkyl carbamates (subject to hydrolysis) is 1. The van der Waals surface area contributed by atoms with Crippen LogP contribution in [0.25, 0.3) is 0 Å². The number of carboxylic acids is 1. The predicted molar refractivity (Wildman–Crippen MR) is 90.6 cm³/mol. The van der Waals surface area contributed by atoms with Crippen molar-refractivity contribution in [2.75, 3.05) is 19.6 Å². The van der Waals surface area contributed by atoms with Gasteiger partial charge in [-0.1, -0.05) is 44.2 Å². The molecule has 0 aliphatic carbocycles. The van der Waals surface area contributed by atoms with Crippen molar-refractivity contribution < 1.29 is 19.4 Å². The summed E-state index contributed by atoms with van der Waals surface area (Å²) in [6.07, 6.45) is 0.386. The molecule has 132 valence electrons. The Morgan fingerprint density at radius 3 is 2.62 bits per heavy atom. The van der Waals surface area contributed by atoms with Crippen molar-refractivity contribution >= 4 is 12.1 Å². The number of carboxylic acid groups (broad SMARTS) is 1. The minimum atomic E-state index is -0.843. The Bertz CT molecular complexity index is 547. The maximum atomic E-state index is 12.0. The lowest BCUT2D eigenvalue weighted by atomic mass is 9.85. The maximum Gasteiger partial charge on any atom is 0.407 e. The zero-order valence-electron chi connectivity index (χ0n) is 14.3. The second-order valence-electron chi connectivity index (χ2n) is 6.73. The van der Waals surface area contributed by atoms with E-state index in [4.69, 9.17) is 9.84 Å². The van der Waals surface area contributed by atoms with Crippen LogP contribution in [0.15, 0.2) is 30.3 Å². The molecule has 1 fully saturated rings. The summed E-state index contributed by atoms with van der Waals surface area (Å²) in [5.74, 6) is -0.0476. The minimum absolute atomic E-state index is 0.000459. The molecule has 2 unspecified atom stereocenters. The van der Waals surface area contributed by atoms with E-state index in [-0.39, 0.29) is 19.2 Å². The molecule has 1 aromatic carbocycles. The SMILES string of the molecule is CC(C)C1CC(NC(=O)OCc2ccccc2)CN(CC(=O)O)C1. The number of ether oxygens (including phenoxy) is 1. The first kappa shape index (κ1) is 18.3. The molecule has 6 nitrogen and oxygen atoms in total. The summed E-state index contributed by atoms with van der Waals surface area (Å²) in [7, 11) is 0. The predicted octanol–water partition coefficient (Wildman–Crippen LogP) is 2.34. The molecule has 24 heavy (non-hydrogen) atoms. The molecule has 0 spiro atoms. The molecule has 1 aliphatic rings. The Kier molecular flexibility index (Phi) is 6.61. The first-order chi connectivity index (χ1) is 11.4. The Morgan fingerprint density at radius 1 is 1.29 bits per heavy atom. The number of nitrogens with one attached hydrogen (secondary N) is 1. The number of piperidine rings is 1. The summed E-state index contributed by atoms with van der Waals surface area (Å²) in [4.78, 5) is 24.9. The van der Waals surface area contributed by atoms with Crippen LogP contribution < -0.4 is 5.32 Å². The Balaban J connectivity index is 1.86. The van der Waals surface area contributed by atoms with Gasteiger partial charge in [-0.05, 0) is 23.8 Å². The quantitative estimate of drug-likeness (QED) is 0.835. The van der Waals surface area contributed by atoms with Gasteiger partial charge in [0.1, 0.15) is 6.61 Å². The fourth-order valence-corrected chi connectivity index (χ4v) is 3.07. The highest BCUT2D eigenvalue weighted by Crippen LogP contribution is 2.23. The van der Waals surface area contributed by atoms with Gasteiger partial charge in [0.05, 0.1) is 6.54 Å². The second kappa shape index (κ2) is 8.68. The summed E-state index contributed by atoms with van der Waals surface area (Å²) in [5.41, 5.74) is 0.934. The molecule has 0 aromatic heterocycles. The van der Waals surface area contributed by atoms with E-state index in [9.17, 15) is 9.59 Å². The van der Waals surface area contributed by atoms with E-state index in [0.29, 0.717) is 18.4 Å². The number of carbonyl (C=O) groups is 2. The lowest BCUT2D eigenvalue weighted by molar-refractivity contribution is -0.139. The van der Waals surface area contributed by atoms with Gasteiger partial charge in [0, 0.05) is 19.1 Å². The third-order valence-electron chi connectivity index (χ3n) is 4.39. The number of likely N-dealkylation sites (tertiary alicyclic amines) is 1. The molecule has 2 atom stereocenters. The van der Waals surface area contributed by atoms with Crippen molar-refractivity contribution in [3.05, 3.63) is 35.9 Å². The van der Waals surface area contributed by atoms with Crippen molar-refractivity contribution in [1.29, 1.82) is 0 Å². The minimum Gasteiger partial charge on any atom is -0.480 e. The third kappa shape index (κ3) is 5.85. The molecule has 0 saturated carbocycles. The molecular formula is C18H26N2O4. The number of carbonyl (C=O) groups excluding carboxylic acids is 1. The van der Waals surface area contributed by atoms with Gasteiger partial charge in [-0.25, -0.2) is 4.79 Å². The molecule has 1 saturated heterocycles. The smallest absolute Gasteiger partial charge is 0.407 e. The van der Waals surface area contributed by atoms with Crippen molar-refractivity contribution in [3.63, 3.8) is 0 Å². The zero-order valence-corrected chi connectivity index (χ0v) is 14.3. The highest BCUT2D eigenvalue weighted by molar-refractivity contribution is 5.69. The number of amides is 1. The fraction of sp³-hybridized carbons (Fsp3) is 0.556. The molecule has 2 rings (SSSR count). The van der Waals surface area contributed by atoms with Crippen LogP contribution in [0.3, 0.4) is 0 Å². The molecule has 1 heterocycles. The van der Waals surface area contributed by atoms with Gasteiger partial charge in [-0.15, -0.1) is 0 Å². The van der Waals surface area contributed by atoms with E-state index in [1.165, 1.54) is 0 Å². The highest BCUT2D eigenvalue weighted by atomic mass is 16.5. The van der Waals surface area contributed by atoms with E-state index in [1.807, 2.05) is 35.2 Å². The lowest BCUT2D eigenvalue weighted by Gasteiger charge is -2.38. The number of nitrogens with zero attached hydrogens (tertiary/aromatic N) is 1. The van der Waals surface area contributed by atoms with Gasteiger partial charge in [0.15, 0.2) is 0 Å². The van der Waals surface area contributed by atoms with Crippen molar-refractivity contribution in [3.8, 4) is 0 Å². The maximum absolute atomic E-state index is 12.0. The molecule has 1 aromatic rings. The van der Waals surface area contributed by atoms with Crippen LogP contribution in [0.1, 0.15) is 25.8 Å². The molecule has 1 amide bonds. The summed E-state index contributed by atoms with van der Waals surface area (Å²) in [6, 6.07) is 9.42. The second-order valence-corrected chi connectivity index (χ2v) is 6.73. The molecule has 0 radical (unpaired) electrons. The summed E-state index contributed by atoms with van der Waals surface area (Å²) in [6.45, 7) is 5.77. The average molecular weight is 334 g/mol. The van der Waals surface area contributed by atoms with Gasteiger partial charge in [-0.2, -0.15) is 0 Å². The van der Waals surface area contributed by atoms with Gasteiger partial charge in [-0.3, -0.25) is 9.69 Å². The van der Waals surface area contributed by atoms with Crippen LogP contribution in [0.4, 0.5) is 4.79 Å². The van der Waals surface area contributed by atoms with Crippen LogP contribution in [0, 0.1) is 11.8 Å². The van der Waals surface area contributed by atoms with Crippen LogP contribution >= 0.6 is 0 Å². The van der Waals surface area contributed by atoms with E-state index in [0.717, 1.165) is 18.5 Å². The van der Waals surface area contributed by atoms with E-state index < -0.39 is 12.1 Å². The largest absolute Gasteiger partial charge is 0.480 e. The third-order valence-corrected chi connectivity index (χ3v) is 4.39. The van der Waals surface area contributed by atoms with Crippen molar-refractivity contribution in [2.45, 2.75) is 32.9 Å². The van der Waals surface area contributed by atoms with E-state index >= 15 is 0 Å². The van der Waals surface area contributed by atoms with Crippen LogP contribution in [-0.2, 0) is 16.1 Å². The Hall–Kier alpha value is -2.08. The Morgan fingerprint density at radius 2 is 2.00 bits per heavy atom. The number of aliphatic carboxylic acids is 1. The zero-order chi connectivity index (χ0) is 17.5. The van der Waals surface area contributed by atoms with Crippen LogP contribution in [0.2, 0.25) is 0 Å². The molecule has 6 heteroatoms. The first-order valence-corrected chi connectivity index (χ1v) is 8.35. The lowest BCUT2D eigenvalue weighted by Crippen LogP contribution is -2.52. The first-order valence-electron chi connectivity index (χ1n) is 8.35. The van der Waals surface area contributed by atoms with Gasteiger partial charge < -0.3 is 15.2 Å². The number of benzene rings is 1. The topological polar surface area (TPSA) is 78.9 Å². The molecule has 0 bridgehead atoms. The molecular weight excluding hydrogens is 308 g/mol. The van der Waals surface area contributed by atoms with Gasteiger partial charge in [0.2, 0.25) is 0 Å². The average Bonchev–Trinajstić information content (AvgIpc) is 2.53. The summed E-state index contributed by atoms with van der Waals surface area (Å²) in [5, 5.41) is 11.9. The Labute approximate surface area is 142 Å². The summed E-state index contributed by atoms with van der Waals surface area (Å²) < 4.78 is 5.26. The standard InChI is InChI=1S/C18H26N2O4/c1-13(2)15-8-16(10-20(9-15)11-17(21)22)19-18(23)24-12-14-6-4-3-5-7-14/h3-7,13,15-16H,8-12H2,1-2H3,(H,19,23)(H,21,22). The number of rotatable bonds is 6. The normalized spacial score (nSPS) is 21.5. The van der Waals surface area contributed by atoms with Crippen LogP contribution in [0.5, 0.6) is 0 Å².